The first kappa shape index (κ1) is 12.5. The molecule has 0 saturated carbocycles. The zero-order valence-electron chi connectivity index (χ0n) is 10.3. The van der Waals surface area contributed by atoms with Crippen LogP contribution in [0.15, 0.2) is 12.3 Å². The number of rotatable bonds is 4. The van der Waals surface area contributed by atoms with Gasteiger partial charge in [-0.2, -0.15) is 0 Å². The molecule has 0 fully saturated rings. The van der Waals surface area contributed by atoms with Gasteiger partial charge in [-0.15, -0.1) is 0 Å². The van der Waals surface area contributed by atoms with E-state index in [1.165, 1.54) is 0 Å². The summed E-state index contributed by atoms with van der Waals surface area (Å²) in [6.07, 6.45) is 1.61. The Morgan fingerprint density at radius 1 is 1.50 bits per heavy atom. The molecule has 16 heavy (non-hydrogen) atoms. The number of nitrogens with one attached hydrogen (secondary N) is 2. The molecule has 0 saturated heterocycles. The number of carbonyl (C=O) groups excluding carboxylic acids is 1. The fourth-order valence-electron chi connectivity index (χ4n) is 1.34. The van der Waals surface area contributed by atoms with Crippen LogP contribution in [0.1, 0.15) is 29.9 Å². The molecule has 2 N–H and O–H groups in total. The summed E-state index contributed by atoms with van der Waals surface area (Å²) in [6, 6.07) is 1.87. The minimum absolute atomic E-state index is 0.0782. The van der Waals surface area contributed by atoms with Crippen LogP contribution in [0.25, 0.3) is 0 Å². The summed E-state index contributed by atoms with van der Waals surface area (Å²) in [4.78, 5) is 16.0. The van der Waals surface area contributed by atoms with E-state index in [4.69, 9.17) is 0 Å². The predicted octanol–water partition coefficient (Wildman–Crippen LogP) is 1.82. The van der Waals surface area contributed by atoms with Crippen molar-refractivity contribution >= 4 is 11.6 Å². The minimum atomic E-state index is -0.0782. The van der Waals surface area contributed by atoms with E-state index in [9.17, 15) is 4.79 Å². The van der Waals surface area contributed by atoms with E-state index >= 15 is 0 Å². The van der Waals surface area contributed by atoms with Crippen LogP contribution in [0.5, 0.6) is 0 Å². The molecule has 1 heterocycles. The number of aryl methyl sites for hydroxylation is 1. The van der Waals surface area contributed by atoms with E-state index in [-0.39, 0.29) is 5.91 Å². The normalized spacial score (nSPS) is 10.3. The van der Waals surface area contributed by atoms with Crippen LogP contribution in [0.4, 0.5) is 5.69 Å². The Kier molecular flexibility index (Phi) is 4.28. The van der Waals surface area contributed by atoms with Gasteiger partial charge in [0.05, 0.1) is 11.3 Å². The molecule has 0 aliphatic heterocycles. The highest BCUT2D eigenvalue weighted by molar-refractivity contribution is 5.99. The number of carbonyl (C=O) groups is 1. The van der Waals surface area contributed by atoms with Gasteiger partial charge < -0.3 is 10.6 Å². The maximum absolute atomic E-state index is 11.8. The van der Waals surface area contributed by atoms with E-state index in [0.717, 1.165) is 11.4 Å². The van der Waals surface area contributed by atoms with E-state index in [2.05, 4.69) is 29.5 Å². The first-order valence-corrected chi connectivity index (χ1v) is 5.47. The quantitative estimate of drug-likeness (QED) is 0.815. The summed E-state index contributed by atoms with van der Waals surface area (Å²) in [5, 5.41) is 5.88. The number of hydrogen-bond acceptors (Lipinski definition) is 3. The molecule has 0 unspecified atom stereocenters. The molecule has 0 aromatic carbocycles. The maximum atomic E-state index is 11.8. The highest BCUT2D eigenvalue weighted by Crippen LogP contribution is 2.14. The molecule has 1 amide bonds. The average Bonchev–Trinajstić information content (AvgIpc) is 2.25. The smallest absolute Gasteiger partial charge is 0.254 e. The molecule has 4 nitrogen and oxygen atoms in total. The third kappa shape index (κ3) is 3.22. The van der Waals surface area contributed by atoms with Gasteiger partial charge in [0.1, 0.15) is 0 Å². The largest absolute Gasteiger partial charge is 0.387 e. The number of anilines is 1. The van der Waals surface area contributed by atoms with Crippen LogP contribution in [-0.2, 0) is 0 Å². The fourth-order valence-corrected chi connectivity index (χ4v) is 1.34. The number of amides is 1. The van der Waals surface area contributed by atoms with Crippen molar-refractivity contribution in [1.82, 2.24) is 10.3 Å². The van der Waals surface area contributed by atoms with Gasteiger partial charge in [-0.05, 0) is 18.9 Å². The zero-order chi connectivity index (χ0) is 12.1. The van der Waals surface area contributed by atoms with Crippen LogP contribution in [0.3, 0.4) is 0 Å². The van der Waals surface area contributed by atoms with E-state index in [0.29, 0.717) is 18.0 Å². The third-order valence-corrected chi connectivity index (χ3v) is 2.23. The summed E-state index contributed by atoms with van der Waals surface area (Å²) in [6.45, 7) is 6.70. The first-order valence-electron chi connectivity index (χ1n) is 5.47. The summed E-state index contributed by atoms with van der Waals surface area (Å²) < 4.78 is 0. The lowest BCUT2D eigenvalue weighted by Gasteiger charge is -2.11. The van der Waals surface area contributed by atoms with Crippen LogP contribution in [-0.4, -0.2) is 24.5 Å². The Hall–Kier alpha value is -1.58. The number of aromatic nitrogens is 1. The number of hydrogen-bond donors (Lipinski definition) is 2. The lowest BCUT2D eigenvalue weighted by molar-refractivity contribution is 0.0949. The molecular formula is C12H19N3O. The lowest BCUT2D eigenvalue weighted by atomic mass is 10.1. The molecule has 1 aromatic rings. The Morgan fingerprint density at radius 3 is 2.75 bits per heavy atom. The third-order valence-electron chi connectivity index (χ3n) is 2.23. The van der Waals surface area contributed by atoms with Crippen molar-refractivity contribution in [3.8, 4) is 0 Å². The molecule has 1 rings (SSSR count). The predicted molar refractivity (Wildman–Crippen MR) is 65.7 cm³/mol. The van der Waals surface area contributed by atoms with Gasteiger partial charge in [0, 0.05) is 25.5 Å². The van der Waals surface area contributed by atoms with Gasteiger partial charge in [-0.25, -0.2) is 0 Å². The van der Waals surface area contributed by atoms with Gasteiger partial charge in [-0.3, -0.25) is 9.78 Å². The van der Waals surface area contributed by atoms with Crippen LogP contribution in [0.2, 0.25) is 0 Å². The van der Waals surface area contributed by atoms with Crippen LogP contribution < -0.4 is 10.6 Å². The summed E-state index contributed by atoms with van der Waals surface area (Å²) in [7, 11) is 1.80. The van der Waals surface area contributed by atoms with Gasteiger partial charge >= 0.3 is 0 Å². The Morgan fingerprint density at radius 2 is 2.19 bits per heavy atom. The van der Waals surface area contributed by atoms with Gasteiger partial charge in [0.2, 0.25) is 0 Å². The SMILES string of the molecule is CNc1cc(C)ncc1C(=O)NCC(C)C. The van der Waals surface area contributed by atoms with Crippen molar-refractivity contribution < 1.29 is 4.79 Å². The molecule has 1 aromatic heterocycles. The summed E-state index contributed by atoms with van der Waals surface area (Å²) >= 11 is 0. The van der Waals surface area contributed by atoms with Crippen LogP contribution >= 0.6 is 0 Å². The fraction of sp³-hybridized carbons (Fsp3) is 0.500. The molecule has 4 heteroatoms. The first-order chi connectivity index (χ1) is 7.54. The van der Waals surface area contributed by atoms with Gasteiger partial charge in [0.15, 0.2) is 0 Å². The second kappa shape index (κ2) is 5.49. The zero-order valence-corrected chi connectivity index (χ0v) is 10.3. The molecule has 0 spiro atoms. The van der Waals surface area contributed by atoms with Gasteiger partial charge in [0.25, 0.3) is 5.91 Å². The maximum Gasteiger partial charge on any atom is 0.254 e. The van der Waals surface area contributed by atoms with E-state index in [1.54, 1.807) is 13.2 Å². The van der Waals surface area contributed by atoms with Crippen LogP contribution in [0, 0.1) is 12.8 Å². The summed E-state index contributed by atoms with van der Waals surface area (Å²) in [5.74, 6) is 0.367. The number of nitrogens with zero attached hydrogens (tertiary/aromatic N) is 1. The number of pyridine rings is 1. The Bertz CT molecular complexity index is 375. The standard InChI is InChI=1S/C12H19N3O/c1-8(2)6-15-12(16)10-7-14-9(3)5-11(10)13-4/h5,7-8H,6H2,1-4H3,(H,13,14)(H,15,16). The molecule has 0 radical (unpaired) electrons. The summed E-state index contributed by atoms with van der Waals surface area (Å²) in [5.41, 5.74) is 2.30. The molecule has 0 aliphatic carbocycles. The topological polar surface area (TPSA) is 54.0 Å². The molecule has 0 aliphatic rings. The Balaban J connectivity index is 2.82. The monoisotopic (exact) mass is 221 g/mol. The average molecular weight is 221 g/mol. The highest BCUT2D eigenvalue weighted by Gasteiger charge is 2.11. The molecule has 0 bridgehead atoms. The van der Waals surface area contributed by atoms with Crippen molar-refractivity contribution in [2.24, 2.45) is 5.92 Å². The van der Waals surface area contributed by atoms with Crippen molar-refractivity contribution in [3.05, 3.63) is 23.5 Å². The van der Waals surface area contributed by atoms with Crippen molar-refractivity contribution in [2.75, 3.05) is 18.9 Å². The molecular weight excluding hydrogens is 202 g/mol. The second-order valence-electron chi connectivity index (χ2n) is 4.23. The minimum Gasteiger partial charge on any atom is -0.387 e. The Labute approximate surface area is 96.5 Å². The van der Waals surface area contributed by atoms with E-state index < -0.39 is 0 Å². The lowest BCUT2D eigenvalue weighted by Crippen LogP contribution is -2.28. The molecule has 0 atom stereocenters. The van der Waals surface area contributed by atoms with Crippen molar-refractivity contribution in [2.45, 2.75) is 20.8 Å². The second-order valence-corrected chi connectivity index (χ2v) is 4.23. The van der Waals surface area contributed by atoms with Crippen molar-refractivity contribution in [3.63, 3.8) is 0 Å². The highest BCUT2D eigenvalue weighted by atomic mass is 16.1. The van der Waals surface area contributed by atoms with E-state index in [1.807, 2.05) is 13.0 Å². The van der Waals surface area contributed by atoms with Crippen molar-refractivity contribution in [1.29, 1.82) is 0 Å². The van der Waals surface area contributed by atoms with Gasteiger partial charge in [-0.1, -0.05) is 13.8 Å². The molecule has 88 valence electrons.